The SMILES string of the molecule is CCC(C)[C@H](NC(=O)OCc1ccccc1)C1=NC(C)(C)C(=O)S1. The summed E-state index contributed by atoms with van der Waals surface area (Å²) in [7, 11) is 0. The Balaban J connectivity index is 2.01. The summed E-state index contributed by atoms with van der Waals surface area (Å²) in [5.74, 6) is 0.155. The van der Waals surface area contributed by atoms with Gasteiger partial charge < -0.3 is 10.1 Å². The van der Waals surface area contributed by atoms with E-state index in [2.05, 4.69) is 10.3 Å². The minimum Gasteiger partial charge on any atom is -0.445 e. The molecule has 24 heavy (non-hydrogen) atoms. The molecule has 1 aromatic carbocycles. The fourth-order valence-electron chi connectivity index (χ4n) is 2.27. The maximum atomic E-state index is 12.2. The van der Waals surface area contributed by atoms with Gasteiger partial charge in [0.25, 0.3) is 0 Å². The van der Waals surface area contributed by atoms with Gasteiger partial charge in [0, 0.05) is 0 Å². The Morgan fingerprint density at radius 2 is 2.00 bits per heavy atom. The molecule has 0 spiro atoms. The van der Waals surface area contributed by atoms with E-state index in [1.54, 1.807) is 13.8 Å². The van der Waals surface area contributed by atoms with Crippen LogP contribution < -0.4 is 5.32 Å². The van der Waals surface area contributed by atoms with Crippen LogP contribution in [-0.2, 0) is 16.1 Å². The Kier molecular flexibility index (Phi) is 6.04. The van der Waals surface area contributed by atoms with Gasteiger partial charge in [-0.2, -0.15) is 0 Å². The molecule has 0 saturated carbocycles. The average molecular weight is 348 g/mol. The number of rotatable bonds is 6. The molecule has 0 saturated heterocycles. The van der Waals surface area contributed by atoms with Crippen LogP contribution in [0.15, 0.2) is 35.3 Å². The molecule has 6 heteroatoms. The van der Waals surface area contributed by atoms with Gasteiger partial charge in [0.05, 0.1) is 11.1 Å². The van der Waals surface area contributed by atoms with Crippen molar-refractivity contribution in [2.75, 3.05) is 0 Å². The van der Waals surface area contributed by atoms with Crippen LogP contribution in [0, 0.1) is 5.92 Å². The summed E-state index contributed by atoms with van der Waals surface area (Å²) < 4.78 is 5.29. The number of hydrogen-bond acceptors (Lipinski definition) is 5. The van der Waals surface area contributed by atoms with E-state index in [1.807, 2.05) is 44.2 Å². The third kappa shape index (κ3) is 4.60. The highest BCUT2D eigenvalue weighted by molar-refractivity contribution is 8.27. The van der Waals surface area contributed by atoms with Gasteiger partial charge in [0.1, 0.15) is 12.1 Å². The van der Waals surface area contributed by atoms with E-state index in [1.165, 1.54) is 0 Å². The molecule has 0 bridgehead atoms. The van der Waals surface area contributed by atoms with Crippen molar-refractivity contribution in [3.05, 3.63) is 35.9 Å². The number of amides is 1. The molecule has 1 aliphatic heterocycles. The first-order valence-corrected chi connectivity index (χ1v) is 8.94. The Morgan fingerprint density at radius 1 is 1.33 bits per heavy atom. The maximum absolute atomic E-state index is 12.2. The van der Waals surface area contributed by atoms with Gasteiger partial charge in [-0.3, -0.25) is 9.79 Å². The zero-order valence-corrected chi connectivity index (χ0v) is 15.4. The smallest absolute Gasteiger partial charge is 0.408 e. The van der Waals surface area contributed by atoms with Crippen molar-refractivity contribution in [1.82, 2.24) is 5.32 Å². The zero-order valence-electron chi connectivity index (χ0n) is 14.5. The lowest BCUT2D eigenvalue weighted by molar-refractivity contribution is -0.114. The highest BCUT2D eigenvalue weighted by atomic mass is 32.2. The summed E-state index contributed by atoms with van der Waals surface area (Å²) in [5, 5.41) is 3.54. The van der Waals surface area contributed by atoms with Gasteiger partial charge in [-0.1, -0.05) is 50.6 Å². The molecule has 0 fully saturated rings. The van der Waals surface area contributed by atoms with Crippen LogP contribution in [0.5, 0.6) is 0 Å². The standard InChI is InChI=1S/C18H24N2O3S/c1-5-12(2)14(15-20-18(3,4)16(21)24-15)19-17(22)23-11-13-9-7-6-8-10-13/h6-10,12,14H,5,11H2,1-4H3,(H,19,22)/t12?,14-/m0/s1. The van der Waals surface area contributed by atoms with Crippen molar-refractivity contribution in [3.63, 3.8) is 0 Å². The molecular formula is C18H24N2O3S. The number of nitrogens with zero attached hydrogens (tertiary/aromatic N) is 1. The lowest BCUT2D eigenvalue weighted by Crippen LogP contribution is -2.44. The summed E-state index contributed by atoms with van der Waals surface area (Å²) in [4.78, 5) is 28.7. The van der Waals surface area contributed by atoms with Crippen molar-refractivity contribution >= 4 is 28.0 Å². The van der Waals surface area contributed by atoms with Crippen LogP contribution in [0.1, 0.15) is 39.7 Å². The summed E-state index contributed by atoms with van der Waals surface area (Å²) in [6, 6.07) is 9.20. The van der Waals surface area contributed by atoms with Gasteiger partial charge in [-0.15, -0.1) is 0 Å². The Labute approximate surface area is 147 Å². The molecule has 0 radical (unpaired) electrons. The zero-order chi connectivity index (χ0) is 17.7. The highest BCUT2D eigenvalue weighted by Crippen LogP contribution is 2.32. The average Bonchev–Trinajstić information content (AvgIpc) is 2.84. The van der Waals surface area contributed by atoms with Gasteiger partial charge in [0.2, 0.25) is 5.12 Å². The van der Waals surface area contributed by atoms with Gasteiger partial charge in [-0.05, 0) is 37.1 Å². The third-order valence-electron chi connectivity index (χ3n) is 4.05. The van der Waals surface area contributed by atoms with Gasteiger partial charge in [0.15, 0.2) is 0 Å². The van der Waals surface area contributed by atoms with Crippen LogP contribution in [0.4, 0.5) is 4.79 Å². The topological polar surface area (TPSA) is 67.8 Å². The van der Waals surface area contributed by atoms with E-state index < -0.39 is 11.6 Å². The molecular weight excluding hydrogens is 324 g/mol. The number of carbonyl (C=O) groups is 2. The molecule has 1 aliphatic rings. The van der Waals surface area contributed by atoms with Gasteiger partial charge in [-0.25, -0.2) is 4.79 Å². The highest BCUT2D eigenvalue weighted by Gasteiger charge is 2.39. The maximum Gasteiger partial charge on any atom is 0.408 e. The molecule has 0 aliphatic carbocycles. The summed E-state index contributed by atoms with van der Waals surface area (Å²) in [6.45, 7) is 7.86. The molecule has 130 valence electrons. The number of carbonyl (C=O) groups excluding carboxylic acids is 2. The molecule has 5 nitrogen and oxygen atoms in total. The van der Waals surface area contributed by atoms with E-state index in [9.17, 15) is 9.59 Å². The second-order valence-corrected chi connectivity index (χ2v) is 7.46. The summed E-state index contributed by atoms with van der Waals surface area (Å²) >= 11 is 1.12. The van der Waals surface area contributed by atoms with Crippen molar-refractivity contribution in [2.45, 2.75) is 52.3 Å². The number of alkyl carbamates (subject to hydrolysis) is 1. The van der Waals surface area contributed by atoms with Crippen LogP contribution in [0.3, 0.4) is 0 Å². The quantitative estimate of drug-likeness (QED) is 0.849. The molecule has 0 aromatic heterocycles. The van der Waals surface area contributed by atoms with Crippen molar-refractivity contribution in [2.24, 2.45) is 10.9 Å². The number of ether oxygens (including phenoxy) is 1. The Morgan fingerprint density at radius 3 is 2.54 bits per heavy atom. The van der Waals surface area contributed by atoms with E-state index in [4.69, 9.17) is 4.74 Å². The molecule has 1 aromatic rings. The number of aliphatic imine (C=N–C) groups is 1. The van der Waals surface area contributed by atoms with Crippen molar-refractivity contribution in [1.29, 1.82) is 0 Å². The summed E-state index contributed by atoms with van der Waals surface area (Å²) in [5.41, 5.74) is 0.193. The number of benzene rings is 1. The minimum atomic E-state index is -0.735. The van der Waals surface area contributed by atoms with Crippen LogP contribution in [0.25, 0.3) is 0 Å². The predicted molar refractivity (Wildman–Crippen MR) is 97.1 cm³/mol. The first kappa shape index (κ1) is 18.5. The fraction of sp³-hybridized carbons (Fsp3) is 0.500. The fourth-order valence-corrected chi connectivity index (χ4v) is 3.45. The van der Waals surface area contributed by atoms with Crippen LogP contribution in [-0.4, -0.2) is 27.8 Å². The first-order valence-electron chi connectivity index (χ1n) is 8.12. The normalized spacial score (nSPS) is 18.7. The van der Waals surface area contributed by atoms with E-state index in [0.717, 1.165) is 23.7 Å². The molecule has 2 rings (SSSR count). The number of nitrogens with one attached hydrogen (secondary N) is 1. The summed E-state index contributed by atoms with van der Waals surface area (Å²) in [6.07, 6.45) is 0.363. The van der Waals surface area contributed by atoms with E-state index >= 15 is 0 Å². The Hall–Kier alpha value is -1.82. The van der Waals surface area contributed by atoms with Crippen LogP contribution in [0.2, 0.25) is 0 Å². The van der Waals surface area contributed by atoms with Gasteiger partial charge >= 0.3 is 6.09 Å². The largest absolute Gasteiger partial charge is 0.445 e. The third-order valence-corrected chi connectivity index (χ3v) is 5.29. The molecule has 1 amide bonds. The van der Waals surface area contributed by atoms with Crippen molar-refractivity contribution < 1.29 is 14.3 Å². The number of hydrogen-bond donors (Lipinski definition) is 1. The lowest BCUT2D eigenvalue weighted by atomic mass is 9.99. The lowest BCUT2D eigenvalue weighted by Gasteiger charge is -2.23. The molecule has 1 heterocycles. The monoisotopic (exact) mass is 348 g/mol. The van der Waals surface area contributed by atoms with E-state index in [0.29, 0.717) is 5.04 Å². The molecule has 1 unspecified atom stereocenters. The van der Waals surface area contributed by atoms with E-state index in [-0.39, 0.29) is 23.7 Å². The number of thioether (sulfide) groups is 1. The molecule has 1 N–H and O–H groups in total. The minimum absolute atomic E-state index is 0.00487. The second-order valence-electron chi connectivity index (χ2n) is 6.47. The van der Waals surface area contributed by atoms with Crippen molar-refractivity contribution in [3.8, 4) is 0 Å². The van der Waals surface area contributed by atoms with Crippen LogP contribution >= 0.6 is 11.8 Å². The predicted octanol–water partition coefficient (Wildman–Crippen LogP) is 3.78. The Bertz CT molecular complexity index is 628. The molecule has 2 atom stereocenters. The second kappa shape index (κ2) is 7.83. The first-order chi connectivity index (χ1) is 11.3.